The molecule has 0 radical (unpaired) electrons. The Hall–Kier alpha value is -2.16. The van der Waals surface area contributed by atoms with Crippen molar-refractivity contribution < 1.29 is 5.11 Å². The van der Waals surface area contributed by atoms with Gasteiger partial charge in [0.05, 0.1) is 16.6 Å². The van der Waals surface area contributed by atoms with Gasteiger partial charge >= 0.3 is 0 Å². The largest absolute Gasteiger partial charge is 0.507 e. The minimum Gasteiger partial charge on any atom is -0.507 e. The maximum Gasteiger partial charge on any atom is 0.128 e. The van der Waals surface area contributed by atoms with Gasteiger partial charge in [-0.05, 0) is 24.6 Å². The van der Waals surface area contributed by atoms with Crippen LogP contribution in [0.25, 0.3) is 21.8 Å². The van der Waals surface area contributed by atoms with Gasteiger partial charge in [0, 0.05) is 18.0 Å². The Labute approximate surface area is 99.1 Å². The van der Waals surface area contributed by atoms with E-state index in [0.29, 0.717) is 11.4 Å². The van der Waals surface area contributed by atoms with Crippen molar-refractivity contribution in [3.05, 3.63) is 35.9 Å². The Kier molecular flexibility index (Phi) is 1.87. The Morgan fingerprint density at radius 2 is 1.94 bits per heavy atom. The molecular weight excluding hydrogens is 212 g/mol. The van der Waals surface area contributed by atoms with Crippen molar-refractivity contribution in [3.63, 3.8) is 0 Å². The van der Waals surface area contributed by atoms with Gasteiger partial charge < -0.3 is 15.4 Å². The number of hydrogen-bond donors (Lipinski definition) is 2. The number of fused-ring (bicyclic) bond motifs is 3. The summed E-state index contributed by atoms with van der Waals surface area (Å²) in [7, 11) is 1.97. The van der Waals surface area contributed by atoms with E-state index >= 15 is 0 Å². The molecule has 1 aromatic heterocycles. The highest BCUT2D eigenvalue weighted by molar-refractivity contribution is 6.14. The molecule has 0 amide bonds. The number of phenolic OH excluding ortho intramolecular Hbond substituents is 1. The van der Waals surface area contributed by atoms with Crippen LogP contribution in [0.1, 0.15) is 5.56 Å². The second-order valence-corrected chi connectivity index (χ2v) is 4.43. The van der Waals surface area contributed by atoms with E-state index in [0.717, 1.165) is 27.4 Å². The smallest absolute Gasteiger partial charge is 0.128 e. The number of rotatable bonds is 0. The van der Waals surface area contributed by atoms with E-state index in [2.05, 4.69) is 0 Å². The third kappa shape index (κ3) is 1.16. The number of nitrogens with two attached hydrogens (primary N) is 1. The quantitative estimate of drug-likeness (QED) is 0.457. The lowest BCUT2D eigenvalue weighted by atomic mass is 10.1. The van der Waals surface area contributed by atoms with E-state index in [1.165, 1.54) is 0 Å². The molecule has 0 bridgehead atoms. The van der Waals surface area contributed by atoms with E-state index in [1.54, 1.807) is 0 Å². The summed E-state index contributed by atoms with van der Waals surface area (Å²) in [6, 6.07) is 9.82. The van der Waals surface area contributed by atoms with Gasteiger partial charge in [-0.1, -0.05) is 18.2 Å². The third-order valence-electron chi connectivity index (χ3n) is 3.36. The topological polar surface area (TPSA) is 51.2 Å². The van der Waals surface area contributed by atoms with Crippen LogP contribution in [0.4, 0.5) is 5.69 Å². The molecule has 0 saturated heterocycles. The fourth-order valence-electron chi connectivity index (χ4n) is 2.54. The standard InChI is InChI=1S/C14H14N2O/c1-8-7-10(15)13-12(14(8)17)9-5-3-4-6-11(9)16(13)2/h3-7,17H,15H2,1-2H3. The summed E-state index contributed by atoms with van der Waals surface area (Å²) >= 11 is 0. The molecule has 0 aliphatic rings. The summed E-state index contributed by atoms with van der Waals surface area (Å²) in [4.78, 5) is 0. The zero-order valence-electron chi connectivity index (χ0n) is 9.86. The molecular formula is C14H14N2O. The molecule has 0 atom stereocenters. The number of phenols is 1. The van der Waals surface area contributed by atoms with E-state index in [4.69, 9.17) is 5.73 Å². The molecule has 2 aromatic carbocycles. The van der Waals surface area contributed by atoms with Gasteiger partial charge in [0.15, 0.2) is 0 Å². The maximum absolute atomic E-state index is 10.2. The Morgan fingerprint density at radius 3 is 2.71 bits per heavy atom. The van der Waals surface area contributed by atoms with Crippen LogP contribution in [0.15, 0.2) is 30.3 Å². The van der Waals surface area contributed by atoms with Crippen molar-refractivity contribution in [3.8, 4) is 5.75 Å². The number of anilines is 1. The number of nitrogen functional groups attached to an aromatic ring is 1. The van der Waals surface area contributed by atoms with Crippen LogP contribution < -0.4 is 5.73 Å². The van der Waals surface area contributed by atoms with Crippen LogP contribution in [-0.4, -0.2) is 9.67 Å². The van der Waals surface area contributed by atoms with Crippen LogP contribution >= 0.6 is 0 Å². The van der Waals surface area contributed by atoms with Crippen LogP contribution in [0.3, 0.4) is 0 Å². The van der Waals surface area contributed by atoms with Crippen LogP contribution in [0.5, 0.6) is 5.75 Å². The van der Waals surface area contributed by atoms with Gasteiger partial charge in [-0.15, -0.1) is 0 Å². The number of benzene rings is 2. The van der Waals surface area contributed by atoms with E-state index in [1.807, 2.05) is 48.9 Å². The van der Waals surface area contributed by atoms with Crippen molar-refractivity contribution in [2.75, 3.05) is 5.73 Å². The van der Waals surface area contributed by atoms with Crippen LogP contribution in [-0.2, 0) is 7.05 Å². The van der Waals surface area contributed by atoms with Crippen molar-refractivity contribution in [1.29, 1.82) is 0 Å². The van der Waals surface area contributed by atoms with E-state index in [-0.39, 0.29) is 0 Å². The molecule has 3 heteroatoms. The SMILES string of the molecule is Cc1cc(N)c2c(c1O)c1ccccc1n2C. The van der Waals surface area contributed by atoms with Gasteiger partial charge in [-0.3, -0.25) is 0 Å². The van der Waals surface area contributed by atoms with Gasteiger partial charge in [0.25, 0.3) is 0 Å². The monoisotopic (exact) mass is 226 g/mol. The number of hydrogen-bond acceptors (Lipinski definition) is 2. The Morgan fingerprint density at radius 1 is 1.24 bits per heavy atom. The summed E-state index contributed by atoms with van der Waals surface area (Å²) in [5, 5.41) is 12.1. The zero-order chi connectivity index (χ0) is 12.2. The van der Waals surface area contributed by atoms with Crippen LogP contribution in [0, 0.1) is 6.92 Å². The van der Waals surface area contributed by atoms with Gasteiger partial charge in [0.1, 0.15) is 5.75 Å². The number of aromatic nitrogens is 1. The molecule has 86 valence electrons. The first-order valence-corrected chi connectivity index (χ1v) is 5.56. The normalized spacial score (nSPS) is 11.4. The van der Waals surface area contributed by atoms with Gasteiger partial charge in [-0.2, -0.15) is 0 Å². The summed E-state index contributed by atoms with van der Waals surface area (Å²) in [5.74, 6) is 0.325. The predicted octanol–water partition coefficient (Wildman–Crippen LogP) is 2.93. The molecule has 0 saturated carbocycles. The minimum absolute atomic E-state index is 0.325. The van der Waals surface area contributed by atoms with Gasteiger partial charge in [0.2, 0.25) is 0 Å². The Bertz CT molecular complexity index is 741. The summed E-state index contributed by atoms with van der Waals surface area (Å²) < 4.78 is 2.03. The molecule has 0 fully saturated rings. The molecule has 3 rings (SSSR count). The second kappa shape index (κ2) is 3.17. The fourth-order valence-corrected chi connectivity index (χ4v) is 2.54. The van der Waals surface area contributed by atoms with Crippen molar-refractivity contribution in [1.82, 2.24) is 4.57 Å². The molecule has 0 unspecified atom stereocenters. The molecule has 3 nitrogen and oxygen atoms in total. The highest BCUT2D eigenvalue weighted by atomic mass is 16.3. The minimum atomic E-state index is 0.325. The van der Waals surface area contributed by atoms with E-state index < -0.39 is 0 Å². The third-order valence-corrected chi connectivity index (χ3v) is 3.36. The fraction of sp³-hybridized carbons (Fsp3) is 0.143. The predicted molar refractivity (Wildman–Crippen MR) is 71.2 cm³/mol. The average Bonchev–Trinajstić information content (AvgIpc) is 2.61. The lowest BCUT2D eigenvalue weighted by molar-refractivity contribution is 0.478. The van der Waals surface area contributed by atoms with Crippen LogP contribution in [0.2, 0.25) is 0 Å². The second-order valence-electron chi connectivity index (χ2n) is 4.43. The first-order chi connectivity index (χ1) is 8.11. The van der Waals surface area contributed by atoms with E-state index in [9.17, 15) is 5.11 Å². The zero-order valence-corrected chi connectivity index (χ0v) is 9.86. The summed E-state index contributed by atoms with van der Waals surface area (Å²) in [5.41, 5.74) is 9.55. The number of nitrogens with zero attached hydrogens (tertiary/aromatic N) is 1. The summed E-state index contributed by atoms with van der Waals surface area (Å²) in [6.07, 6.45) is 0. The van der Waals surface area contributed by atoms with Crippen molar-refractivity contribution in [2.45, 2.75) is 6.92 Å². The number of aromatic hydroxyl groups is 1. The first-order valence-electron chi connectivity index (χ1n) is 5.56. The van der Waals surface area contributed by atoms with Crippen molar-refractivity contribution in [2.24, 2.45) is 7.05 Å². The summed E-state index contributed by atoms with van der Waals surface area (Å²) in [6.45, 7) is 1.87. The molecule has 17 heavy (non-hydrogen) atoms. The number of aryl methyl sites for hydroxylation is 2. The number of para-hydroxylation sites is 1. The Balaban J connectivity index is 2.72. The molecule has 0 aliphatic carbocycles. The molecule has 3 N–H and O–H groups in total. The molecule has 0 spiro atoms. The maximum atomic E-state index is 10.2. The van der Waals surface area contributed by atoms with Gasteiger partial charge in [-0.25, -0.2) is 0 Å². The first kappa shape index (κ1) is 10.0. The lowest BCUT2D eigenvalue weighted by Crippen LogP contribution is -1.94. The highest BCUT2D eigenvalue weighted by Crippen LogP contribution is 2.39. The molecule has 0 aliphatic heterocycles. The molecule has 3 aromatic rings. The van der Waals surface area contributed by atoms with Crippen molar-refractivity contribution >= 4 is 27.5 Å². The lowest BCUT2D eigenvalue weighted by Gasteiger charge is -2.05. The molecule has 1 heterocycles. The highest BCUT2D eigenvalue weighted by Gasteiger charge is 2.15. The average molecular weight is 226 g/mol.